The molecule has 1 heterocycles. The van der Waals surface area contributed by atoms with E-state index in [2.05, 4.69) is 17.1 Å². The first-order chi connectivity index (χ1) is 10.0. The van der Waals surface area contributed by atoms with Gasteiger partial charge < -0.3 is 9.63 Å². The molecule has 21 heavy (non-hydrogen) atoms. The minimum absolute atomic E-state index is 0.177. The Labute approximate surface area is 123 Å². The number of benzene rings is 1. The van der Waals surface area contributed by atoms with Gasteiger partial charge in [0.05, 0.1) is 11.8 Å². The fourth-order valence-corrected chi connectivity index (χ4v) is 3.12. The quantitative estimate of drug-likeness (QED) is 0.937. The van der Waals surface area contributed by atoms with Gasteiger partial charge in [-0.2, -0.15) is 4.98 Å². The first kappa shape index (κ1) is 13.8. The van der Waals surface area contributed by atoms with Gasteiger partial charge in [0.25, 0.3) is 0 Å². The maximum Gasteiger partial charge on any atom is 0.307 e. The second-order valence-electron chi connectivity index (χ2n) is 5.95. The van der Waals surface area contributed by atoms with Gasteiger partial charge in [-0.05, 0) is 31.7 Å². The Balaban J connectivity index is 1.89. The minimum Gasteiger partial charge on any atom is -0.481 e. The van der Waals surface area contributed by atoms with Gasteiger partial charge >= 0.3 is 5.97 Å². The lowest BCUT2D eigenvalue weighted by atomic mass is 9.96. The van der Waals surface area contributed by atoms with E-state index in [0.29, 0.717) is 24.1 Å². The molecule has 5 nitrogen and oxygen atoms in total. The maximum atomic E-state index is 11.4. The van der Waals surface area contributed by atoms with Crippen LogP contribution in [0.15, 0.2) is 28.8 Å². The standard InChI is InChI=1S/C16H18N2O3/c1-9-4-3-5-11(6-9)14-17-15(21-18-14)12-7-10(2)8-13(12)16(19)20/h3-6,10,12-13H,7-8H2,1-2H3,(H,19,20). The van der Waals surface area contributed by atoms with Crippen LogP contribution in [0.1, 0.15) is 37.1 Å². The minimum atomic E-state index is -0.778. The van der Waals surface area contributed by atoms with Crippen molar-refractivity contribution in [2.24, 2.45) is 11.8 Å². The van der Waals surface area contributed by atoms with E-state index < -0.39 is 11.9 Å². The lowest BCUT2D eigenvalue weighted by Crippen LogP contribution is -2.17. The molecule has 1 aromatic carbocycles. The first-order valence-corrected chi connectivity index (χ1v) is 7.18. The number of aliphatic carboxylic acids is 1. The molecule has 0 bridgehead atoms. The zero-order valence-electron chi connectivity index (χ0n) is 12.1. The summed E-state index contributed by atoms with van der Waals surface area (Å²) in [4.78, 5) is 15.8. The molecule has 110 valence electrons. The average Bonchev–Trinajstić information content (AvgIpc) is 3.04. The van der Waals surface area contributed by atoms with Crippen LogP contribution in [-0.2, 0) is 4.79 Å². The van der Waals surface area contributed by atoms with Crippen LogP contribution in [0.3, 0.4) is 0 Å². The lowest BCUT2D eigenvalue weighted by molar-refractivity contribution is -0.142. The summed E-state index contributed by atoms with van der Waals surface area (Å²) >= 11 is 0. The van der Waals surface area contributed by atoms with E-state index in [-0.39, 0.29) is 5.92 Å². The van der Waals surface area contributed by atoms with E-state index in [9.17, 15) is 9.90 Å². The monoisotopic (exact) mass is 286 g/mol. The van der Waals surface area contributed by atoms with Crippen LogP contribution in [0.25, 0.3) is 11.4 Å². The third kappa shape index (κ3) is 2.68. The molecule has 5 heteroatoms. The summed E-state index contributed by atoms with van der Waals surface area (Å²) in [6.07, 6.45) is 1.45. The maximum absolute atomic E-state index is 11.4. The van der Waals surface area contributed by atoms with E-state index in [1.165, 1.54) is 0 Å². The third-order valence-corrected chi connectivity index (χ3v) is 4.15. The smallest absolute Gasteiger partial charge is 0.307 e. The van der Waals surface area contributed by atoms with Crippen LogP contribution in [0.4, 0.5) is 0 Å². The molecule has 1 saturated carbocycles. The van der Waals surface area contributed by atoms with Gasteiger partial charge in [0.1, 0.15) is 0 Å². The van der Waals surface area contributed by atoms with Crippen molar-refractivity contribution in [3.63, 3.8) is 0 Å². The van der Waals surface area contributed by atoms with Gasteiger partial charge in [0.15, 0.2) is 0 Å². The highest BCUT2D eigenvalue weighted by molar-refractivity contribution is 5.71. The Bertz CT molecular complexity index is 665. The highest BCUT2D eigenvalue weighted by Crippen LogP contribution is 2.42. The second-order valence-corrected chi connectivity index (χ2v) is 5.95. The van der Waals surface area contributed by atoms with Gasteiger partial charge in [-0.25, -0.2) is 0 Å². The van der Waals surface area contributed by atoms with Crippen LogP contribution in [0.2, 0.25) is 0 Å². The van der Waals surface area contributed by atoms with E-state index in [1.54, 1.807) is 0 Å². The fraction of sp³-hybridized carbons (Fsp3) is 0.438. The van der Waals surface area contributed by atoms with Gasteiger partial charge in [-0.3, -0.25) is 4.79 Å². The SMILES string of the molecule is Cc1cccc(-c2noc(C3CC(C)CC3C(=O)O)n2)c1. The largest absolute Gasteiger partial charge is 0.481 e. The number of hydrogen-bond acceptors (Lipinski definition) is 4. The van der Waals surface area contributed by atoms with Crippen molar-refractivity contribution in [2.45, 2.75) is 32.6 Å². The molecule has 2 aromatic rings. The van der Waals surface area contributed by atoms with Crippen LogP contribution >= 0.6 is 0 Å². The van der Waals surface area contributed by atoms with Crippen molar-refractivity contribution >= 4 is 5.97 Å². The topological polar surface area (TPSA) is 76.2 Å². The molecular weight excluding hydrogens is 268 g/mol. The molecule has 1 N–H and O–H groups in total. The normalized spacial score (nSPS) is 25.1. The lowest BCUT2D eigenvalue weighted by Gasteiger charge is -2.09. The Hall–Kier alpha value is -2.17. The molecular formula is C16H18N2O3. The number of carboxylic acid groups (broad SMARTS) is 1. The summed E-state index contributed by atoms with van der Waals surface area (Å²) < 4.78 is 5.35. The Morgan fingerprint density at radius 1 is 1.38 bits per heavy atom. The summed E-state index contributed by atoms with van der Waals surface area (Å²) in [6.45, 7) is 4.07. The number of aromatic nitrogens is 2. The molecule has 0 saturated heterocycles. The number of carbonyl (C=O) groups is 1. The summed E-state index contributed by atoms with van der Waals surface area (Å²) in [6, 6.07) is 7.86. The van der Waals surface area contributed by atoms with Crippen molar-refractivity contribution < 1.29 is 14.4 Å². The average molecular weight is 286 g/mol. The van der Waals surface area contributed by atoms with Gasteiger partial charge in [0.2, 0.25) is 11.7 Å². The number of carboxylic acids is 1. The number of hydrogen-bond donors (Lipinski definition) is 1. The van der Waals surface area contributed by atoms with Crippen molar-refractivity contribution in [1.82, 2.24) is 10.1 Å². The van der Waals surface area contributed by atoms with Crippen molar-refractivity contribution in [2.75, 3.05) is 0 Å². The van der Waals surface area contributed by atoms with Crippen LogP contribution in [0.5, 0.6) is 0 Å². The van der Waals surface area contributed by atoms with E-state index >= 15 is 0 Å². The molecule has 3 unspecified atom stereocenters. The molecule has 0 amide bonds. The van der Waals surface area contributed by atoms with Crippen LogP contribution in [0, 0.1) is 18.8 Å². The molecule has 0 spiro atoms. The number of nitrogens with zero attached hydrogens (tertiary/aromatic N) is 2. The Kier molecular flexibility index (Phi) is 3.49. The molecule has 1 aromatic heterocycles. The zero-order chi connectivity index (χ0) is 15.0. The number of aryl methyl sites for hydroxylation is 1. The number of rotatable bonds is 3. The summed E-state index contributed by atoms with van der Waals surface area (Å²) in [5, 5.41) is 13.3. The first-order valence-electron chi connectivity index (χ1n) is 7.18. The molecule has 0 aliphatic heterocycles. The molecule has 0 radical (unpaired) electrons. The highest BCUT2D eigenvalue weighted by Gasteiger charge is 2.41. The Morgan fingerprint density at radius 3 is 2.90 bits per heavy atom. The van der Waals surface area contributed by atoms with Crippen molar-refractivity contribution in [1.29, 1.82) is 0 Å². The summed E-state index contributed by atoms with van der Waals surface area (Å²) in [5.41, 5.74) is 2.01. The molecule has 1 fully saturated rings. The highest BCUT2D eigenvalue weighted by atomic mass is 16.5. The van der Waals surface area contributed by atoms with E-state index in [4.69, 9.17) is 4.52 Å². The molecule has 3 rings (SSSR count). The molecule has 3 atom stereocenters. The predicted octanol–water partition coefficient (Wildman–Crippen LogP) is 3.26. The van der Waals surface area contributed by atoms with Gasteiger partial charge in [-0.1, -0.05) is 35.8 Å². The van der Waals surface area contributed by atoms with Gasteiger partial charge in [0, 0.05) is 5.56 Å². The predicted molar refractivity (Wildman–Crippen MR) is 76.7 cm³/mol. The van der Waals surface area contributed by atoms with E-state index in [1.807, 2.05) is 31.2 Å². The second kappa shape index (κ2) is 5.31. The van der Waals surface area contributed by atoms with Crippen molar-refractivity contribution in [3.05, 3.63) is 35.7 Å². The van der Waals surface area contributed by atoms with Gasteiger partial charge in [-0.15, -0.1) is 0 Å². The zero-order valence-corrected chi connectivity index (χ0v) is 12.1. The molecule has 1 aliphatic carbocycles. The van der Waals surface area contributed by atoms with Crippen LogP contribution < -0.4 is 0 Å². The molecule has 1 aliphatic rings. The summed E-state index contributed by atoms with van der Waals surface area (Å²) in [7, 11) is 0. The third-order valence-electron chi connectivity index (χ3n) is 4.15. The van der Waals surface area contributed by atoms with E-state index in [0.717, 1.165) is 17.5 Å². The summed E-state index contributed by atoms with van der Waals surface area (Å²) in [5.74, 6) is -0.0416. The Morgan fingerprint density at radius 2 is 2.19 bits per heavy atom. The van der Waals surface area contributed by atoms with Crippen LogP contribution in [-0.4, -0.2) is 21.2 Å². The van der Waals surface area contributed by atoms with Crippen molar-refractivity contribution in [3.8, 4) is 11.4 Å². The fourth-order valence-electron chi connectivity index (χ4n) is 3.12.